The summed E-state index contributed by atoms with van der Waals surface area (Å²) in [6.07, 6.45) is 10.9. The van der Waals surface area contributed by atoms with Gasteiger partial charge in [-0.15, -0.1) is 11.3 Å². The SMILES string of the molecule is Cc1ncc(NC(=O)NCC2CCN(C(C)C)CC2)cc1NC(=O)c1cnn2cc(-c3cnn(C)c3)sc12. The summed E-state index contributed by atoms with van der Waals surface area (Å²) in [4.78, 5) is 34.2. The normalized spacial score (nSPS) is 14.8. The van der Waals surface area contributed by atoms with Crippen LogP contribution >= 0.6 is 11.3 Å². The van der Waals surface area contributed by atoms with Gasteiger partial charge in [0.1, 0.15) is 4.83 Å². The number of pyridine rings is 1. The number of carbonyl (C=O) groups is 2. The zero-order valence-electron chi connectivity index (χ0n) is 22.1. The molecule has 1 saturated heterocycles. The standard InChI is InChI=1S/C26H33N9O2S/c1-16(2)34-7-5-18(6-8-34)10-28-26(37)31-20-9-22(17(3)27-12-20)32-24(36)21-13-30-35-15-23(38-25(21)35)19-11-29-33(4)14-19/h9,11-16,18H,5-8,10H2,1-4H3,(H,32,36)(H2,28,31,37). The smallest absolute Gasteiger partial charge is 0.319 e. The molecule has 200 valence electrons. The lowest BCUT2D eigenvalue weighted by Crippen LogP contribution is -2.42. The van der Waals surface area contributed by atoms with Crippen molar-refractivity contribution in [1.82, 2.24) is 34.6 Å². The van der Waals surface area contributed by atoms with Crippen molar-refractivity contribution in [3.8, 4) is 10.4 Å². The van der Waals surface area contributed by atoms with Gasteiger partial charge in [0.2, 0.25) is 0 Å². The van der Waals surface area contributed by atoms with Gasteiger partial charge >= 0.3 is 6.03 Å². The average Bonchev–Trinajstić information content (AvgIpc) is 3.60. The third-order valence-electron chi connectivity index (χ3n) is 6.95. The molecule has 0 spiro atoms. The van der Waals surface area contributed by atoms with Crippen LogP contribution in [0.15, 0.2) is 37.1 Å². The van der Waals surface area contributed by atoms with Gasteiger partial charge in [-0.05, 0) is 58.7 Å². The molecule has 0 radical (unpaired) electrons. The largest absolute Gasteiger partial charge is 0.338 e. The number of likely N-dealkylation sites (tertiary alicyclic amines) is 1. The number of aromatic nitrogens is 5. The zero-order chi connectivity index (χ0) is 26.8. The fraction of sp³-hybridized carbons (Fsp3) is 0.423. The van der Waals surface area contributed by atoms with Gasteiger partial charge in [-0.25, -0.2) is 9.31 Å². The minimum absolute atomic E-state index is 0.279. The van der Waals surface area contributed by atoms with E-state index < -0.39 is 0 Å². The molecule has 1 aliphatic rings. The number of thiazole rings is 1. The minimum atomic E-state index is -0.293. The first kappa shape index (κ1) is 25.9. The fourth-order valence-electron chi connectivity index (χ4n) is 4.63. The number of anilines is 2. The molecule has 0 saturated carbocycles. The molecular weight excluding hydrogens is 502 g/mol. The molecule has 0 unspecified atom stereocenters. The highest BCUT2D eigenvalue weighted by Crippen LogP contribution is 2.30. The second kappa shape index (κ2) is 10.9. The Balaban J connectivity index is 1.20. The predicted molar refractivity (Wildman–Crippen MR) is 149 cm³/mol. The Labute approximate surface area is 225 Å². The monoisotopic (exact) mass is 535 g/mol. The highest BCUT2D eigenvalue weighted by molar-refractivity contribution is 7.21. The fourth-order valence-corrected chi connectivity index (χ4v) is 5.66. The molecule has 5 heterocycles. The molecule has 38 heavy (non-hydrogen) atoms. The molecule has 12 heteroatoms. The lowest BCUT2D eigenvalue weighted by atomic mass is 9.96. The summed E-state index contributed by atoms with van der Waals surface area (Å²) in [5, 5.41) is 17.3. The first-order valence-corrected chi connectivity index (χ1v) is 13.6. The summed E-state index contributed by atoms with van der Waals surface area (Å²) in [6, 6.07) is 2.00. The highest BCUT2D eigenvalue weighted by atomic mass is 32.1. The summed E-state index contributed by atoms with van der Waals surface area (Å²) >= 11 is 1.47. The number of rotatable bonds is 7. The number of carbonyl (C=O) groups excluding carboxylic acids is 2. The van der Waals surface area contributed by atoms with E-state index in [0.717, 1.165) is 41.2 Å². The Morgan fingerprint density at radius 1 is 1.11 bits per heavy atom. The quantitative estimate of drug-likeness (QED) is 0.329. The summed E-state index contributed by atoms with van der Waals surface area (Å²) in [5.74, 6) is 0.185. The van der Waals surface area contributed by atoms with Crippen LogP contribution in [0.5, 0.6) is 0 Å². The van der Waals surface area contributed by atoms with Gasteiger partial charge in [-0.3, -0.25) is 14.5 Å². The van der Waals surface area contributed by atoms with Crippen molar-refractivity contribution in [3.05, 3.63) is 48.3 Å². The summed E-state index contributed by atoms with van der Waals surface area (Å²) in [5.41, 5.74) is 3.11. The average molecular weight is 536 g/mol. The number of urea groups is 1. The Hall–Kier alpha value is -3.77. The molecule has 0 bridgehead atoms. The van der Waals surface area contributed by atoms with E-state index in [4.69, 9.17) is 0 Å². The minimum Gasteiger partial charge on any atom is -0.338 e. The molecule has 3 amide bonds. The lowest BCUT2D eigenvalue weighted by Gasteiger charge is -2.34. The van der Waals surface area contributed by atoms with Crippen LogP contribution < -0.4 is 16.0 Å². The molecule has 1 aliphatic heterocycles. The molecule has 1 fully saturated rings. The first-order chi connectivity index (χ1) is 18.3. The van der Waals surface area contributed by atoms with Crippen LogP contribution in [0, 0.1) is 12.8 Å². The van der Waals surface area contributed by atoms with Crippen molar-refractivity contribution in [2.75, 3.05) is 30.3 Å². The van der Waals surface area contributed by atoms with E-state index in [1.807, 2.05) is 26.4 Å². The lowest BCUT2D eigenvalue weighted by molar-refractivity contribution is 0.102. The molecule has 4 aromatic heterocycles. The number of piperidine rings is 1. The molecule has 0 atom stereocenters. The molecule has 0 aromatic carbocycles. The zero-order valence-corrected chi connectivity index (χ0v) is 22.9. The molecule has 4 aromatic rings. The van der Waals surface area contributed by atoms with Crippen LogP contribution in [0.3, 0.4) is 0 Å². The highest BCUT2D eigenvalue weighted by Gasteiger charge is 2.21. The number of hydrogen-bond donors (Lipinski definition) is 3. The number of nitrogens with zero attached hydrogens (tertiary/aromatic N) is 6. The van der Waals surface area contributed by atoms with Gasteiger partial charge in [-0.2, -0.15) is 10.2 Å². The van der Waals surface area contributed by atoms with Crippen molar-refractivity contribution < 1.29 is 9.59 Å². The predicted octanol–water partition coefficient (Wildman–Crippen LogP) is 3.99. The molecule has 11 nitrogen and oxygen atoms in total. The van der Waals surface area contributed by atoms with Gasteiger partial charge in [0.05, 0.1) is 46.1 Å². The van der Waals surface area contributed by atoms with Crippen molar-refractivity contribution in [2.45, 2.75) is 39.7 Å². The van der Waals surface area contributed by atoms with E-state index in [1.165, 1.54) is 11.3 Å². The summed E-state index contributed by atoms with van der Waals surface area (Å²) in [7, 11) is 1.86. The third-order valence-corrected chi connectivity index (χ3v) is 8.11. The number of aryl methyl sites for hydroxylation is 2. The van der Waals surface area contributed by atoms with Crippen molar-refractivity contribution in [2.24, 2.45) is 13.0 Å². The molecule has 3 N–H and O–H groups in total. The van der Waals surface area contributed by atoms with E-state index in [-0.39, 0.29) is 11.9 Å². The Kier molecular flexibility index (Phi) is 7.43. The Morgan fingerprint density at radius 2 is 1.89 bits per heavy atom. The van der Waals surface area contributed by atoms with Crippen molar-refractivity contribution in [3.63, 3.8) is 0 Å². The van der Waals surface area contributed by atoms with Crippen LogP contribution in [-0.4, -0.2) is 66.9 Å². The second-order valence-corrected chi connectivity index (χ2v) is 11.1. The third kappa shape index (κ3) is 5.70. The van der Waals surface area contributed by atoms with E-state index in [1.54, 1.807) is 33.9 Å². The first-order valence-electron chi connectivity index (χ1n) is 12.8. The van der Waals surface area contributed by atoms with Gasteiger partial charge in [0, 0.05) is 37.6 Å². The number of hydrogen-bond acceptors (Lipinski definition) is 7. The van der Waals surface area contributed by atoms with Gasteiger partial charge < -0.3 is 20.9 Å². The second-order valence-electron chi connectivity index (χ2n) is 10.0. The number of fused-ring (bicyclic) bond motifs is 1. The van der Waals surface area contributed by atoms with Crippen LogP contribution in [0.1, 0.15) is 42.7 Å². The maximum Gasteiger partial charge on any atom is 0.319 e. The molecule has 5 rings (SSSR count). The van der Waals surface area contributed by atoms with Gasteiger partial charge in [0.15, 0.2) is 0 Å². The van der Waals surface area contributed by atoms with Crippen LogP contribution in [0.4, 0.5) is 16.2 Å². The van der Waals surface area contributed by atoms with Crippen LogP contribution in [0.2, 0.25) is 0 Å². The number of amides is 3. The van der Waals surface area contributed by atoms with E-state index in [2.05, 4.69) is 49.9 Å². The van der Waals surface area contributed by atoms with Crippen molar-refractivity contribution >= 4 is 39.5 Å². The maximum absolute atomic E-state index is 13.2. The van der Waals surface area contributed by atoms with E-state index >= 15 is 0 Å². The molecular formula is C26H33N9O2S. The van der Waals surface area contributed by atoms with Crippen molar-refractivity contribution in [1.29, 1.82) is 0 Å². The van der Waals surface area contributed by atoms with Crippen LogP contribution in [-0.2, 0) is 7.05 Å². The summed E-state index contributed by atoms with van der Waals surface area (Å²) < 4.78 is 3.43. The van der Waals surface area contributed by atoms with Gasteiger partial charge in [0.25, 0.3) is 5.91 Å². The van der Waals surface area contributed by atoms with E-state index in [0.29, 0.717) is 41.1 Å². The molecule has 0 aliphatic carbocycles. The Morgan fingerprint density at radius 3 is 2.61 bits per heavy atom. The van der Waals surface area contributed by atoms with Gasteiger partial charge in [-0.1, -0.05) is 0 Å². The summed E-state index contributed by atoms with van der Waals surface area (Å²) in [6.45, 7) is 9.02. The van der Waals surface area contributed by atoms with Crippen LogP contribution in [0.25, 0.3) is 15.3 Å². The number of nitrogens with one attached hydrogen (secondary N) is 3. The topological polar surface area (TPSA) is 121 Å². The maximum atomic E-state index is 13.2. The Bertz CT molecular complexity index is 1450. The van der Waals surface area contributed by atoms with E-state index in [9.17, 15) is 9.59 Å².